The Morgan fingerprint density at radius 1 is 1.03 bits per heavy atom. The number of carbonyl (C=O) groups is 1. The molecule has 196 valence electrons. The number of azo groups is 1. The van der Waals surface area contributed by atoms with Crippen LogP contribution in [0.4, 0.5) is 17.1 Å². The zero-order valence-electron chi connectivity index (χ0n) is 20.1. The Hall–Kier alpha value is -3.70. The molecule has 0 unspecified atom stereocenters. The van der Waals surface area contributed by atoms with Crippen LogP contribution in [-0.2, 0) is 16.5 Å². The Morgan fingerprint density at radius 3 is 2.45 bits per heavy atom. The van der Waals surface area contributed by atoms with E-state index in [4.69, 9.17) is 27.9 Å². The number of phenolic OH excluding ortho intramolecular Hbond substituents is 1. The number of anilines is 1. The smallest absolute Gasteiger partial charge is 0.296 e. The third-order valence-electron chi connectivity index (χ3n) is 5.73. The van der Waals surface area contributed by atoms with Crippen LogP contribution in [0.5, 0.6) is 11.5 Å². The summed E-state index contributed by atoms with van der Waals surface area (Å²) < 4.78 is 38.8. The Morgan fingerprint density at radius 2 is 1.76 bits per heavy atom. The number of rotatable bonds is 7. The highest BCUT2D eigenvalue weighted by atomic mass is 35.5. The molecule has 0 spiro atoms. The molecule has 0 aromatic heterocycles. The maximum Gasteiger partial charge on any atom is 0.296 e. The Labute approximate surface area is 228 Å². The predicted molar refractivity (Wildman–Crippen MR) is 146 cm³/mol. The lowest BCUT2D eigenvalue weighted by molar-refractivity contribution is 0.102. The van der Waals surface area contributed by atoms with Crippen LogP contribution in [0.15, 0.2) is 75.8 Å². The monoisotopic (exact) mass is 573 g/mol. The van der Waals surface area contributed by atoms with E-state index >= 15 is 0 Å². The zero-order chi connectivity index (χ0) is 27.6. The van der Waals surface area contributed by atoms with E-state index in [0.717, 1.165) is 0 Å². The minimum Gasteiger partial charge on any atom is -0.505 e. The molecule has 4 aromatic carbocycles. The molecule has 4 aromatic rings. The Balaban J connectivity index is 1.85. The summed E-state index contributed by atoms with van der Waals surface area (Å²) in [5, 5.41) is 23.3. The maximum absolute atomic E-state index is 13.3. The van der Waals surface area contributed by atoms with E-state index in [9.17, 15) is 22.9 Å². The average molecular weight is 574 g/mol. The quantitative estimate of drug-likeness (QED) is 0.156. The summed E-state index contributed by atoms with van der Waals surface area (Å²) in [7, 11) is -3.21. The van der Waals surface area contributed by atoms with Gasteiger partial charge in [-0.1, -0.05) is 60.5 Å². The molecule has 0 fully saturated rings. The van der Waals surface area contributed by atoms with Crippen molar-refractivity contribution in [2.45, 2.75) is 18.2 Å². The van der Waals surface area contributed by atoms with Crippen LogP contribution in [0.25, 0.3) is 10.8 Å². The van der Waals surface area contributed by atoms with E-state index in [1.54, 1.807) is 49.4 Å². The number of benzene rings is 4. The first-order valence-corrected chi connectivity index (χ1v) is 13.4. The molecule has 0 saturated carbocycles. The van der Waals surface area contributed by atoms with Gasteiger partial charge in [0.2, 0.25) is 0 Å². The Kier molecular flexibility index (Phi) is 7.89. The van der Waals surface area contributed by atoms with Gasteiger partial charge in [0.15, 0.2) is 5.75 Å². The lowest BCUT2D eigenvalue weighted by Gasteiger charge is -2.14. The van der Waals surface area contributed by atoms with E-state index < -0.39 is 26.7 Å². The van der Waals surface area contributed by atoms with Crippen molar-refractivity contribution in [2.75, 3.05) is 12.4 Å². The second-order valence-corrected chi connectivity index (χ2v) is 10.2. The van der Waals surface area contributed by atoms with E-state index in [1.807, 2.05) is 0 Å². The Bertz CT molecular complexity index is 1710. The fourth-order valence-corrected chi connectivity index (χ4v) is 5.53. The molecule has 12 heteroatoms. The number of ether oxygens (including phenoxy) is 1. The molecule has 0 aliphatic rings. The van der Waals surface area contributed by atoms with Crippen molar-refractivity contribution in [3.8, 4) is 11.5 Å². The molecule has 9 nitrogen and oxygen atoms in total. The van der Waals surface area contributed by atoms with Crippen molar-refractivity contribution in [3.05, 3.63) is 81.8 Å². The van der Waals surface area contributed by atoms with Crippen LogP contribution in [-0.4, -0.2) is 31.1 Å². The fourth-order valence-electron chi connectivity index (χ4n) is 3.98. The highest BCUT2D eigenvalue weighted by molar-refractivity contribution is 7.86. The second-order valence-electron chi connectivity index (χ2n) is 8.02. The van der Waals surface area contributed by atoms with Crippen LogP contribution < -0.4 is 10.1 Å². The number of fused-ring (bicyclic) bond motifs is 1. The van der Waals surface area contributed by atoms with Gasteiger partial charge in [-0.2, -0.15) is 13.5 Å². The molecule has 0 atom stereocenters. The lowest BCUT2D eigenvalue weighted by atomic mass is 10.0. The van der Waals surface area contributed by atoms with Gasteiger partial charge in [0.1, 0.15) is 22.0 Å². The van der Waals surface area contributed by atoms with Crippen LogP contribution >= 0.6 is 23.2 Å². The largest absolute Gasteiger partial charge is 0.505 e. The molecule has 3 N–H and O–H groups in total. The first-order chi connectivity index (χ1) is 18.1. The number of methoxy groups -OCH3 is 1. The number of phenols is 1. The van der Waals surface area contributed by atoms with Crippen LogP contribution in [0.3, 0.4) is 0 Å². The van der Waals surface area contributed by atoms with Gasteiger partial charge < -0.3 is 15.2 Å². The summed E-state index contributed by atoms with van der Waals surface area (Å²) in [6, 6.07) is 16.0. The second kappa shape index (κ2) is 11.0. The summed E-state index contributed by atoms with van der Waals surface area (Å²) in [4.78, 5) is 12.8. The molecule has 0 aliphatic heterocycles. The number of nitrogens with zero attached hydrogens (tertiary/aromatic N) is 2. The molecule has 0 bridgehead atoms. The molecule has 1 amide bonds. The van der Waals surface area contributed by atoms with Crippen LogP contribution in [0.1, 0.15) is 22.8 Å². The van der Waals surface area contributed by atoms with Crippen molar-refractivity contribution < 1.29 is 27.6 Å². The summed E-state index contributed by atoms with van der Waals surface area (Å²) in [6.07, 6.45) is 0.166. The topological polar surface area (TPSA) is 138 Å². The standard InChI is InChI=1S/C26H21Cl2N3O6S/c1-3-15-20(12-11-19(28)25(15)38(34,35)36)30-31-22-16-8-5-4-7-14(16)13-17(24(22)32)26(33)29-23-18(27)9-6-10-21(23)37-2/h4-13,32H,3H2,1-2H3,(H,29,33)(H,34,35,36). The van der Waals surface area contributed by atoms with Crippen molar-refractivity contribution >= 4 is 67.1 Å². The number of amides is 1. The normalized spacial score (nSPS) is 11.7. The highest BCUT2D eigenvalue weighted by Crippen LogP contribution is 2.41. The van der Waals surface area contributed by atoms with Crippen molar-refractivity contribution in [1.82, 2.24) is 0 Å². The number of aromatic hydroxyl groups is 1. The number of hydrogen-bond acceptors (Lipinski definition) is 7. The van der Waals surface area contributed by atoms with Gasteiger partial charge in [-0.05, 0) is 42.1 Å². The van der Waals surface area contributed by atoms with Gasteiger partial charge >= 0.3 is 0 Å². The number of hydrogen-bond donors (Lipinski definition) is 3. The molecule has 0 aliphatic carbocycles. The number of carbonyl (C=O) groups excluding carboxylic acids is 1. The SMILES string of the molecule is CCc1c(N=Nc2c(O)c(C(=O)Nc3c(Cl)cccc3OC)cc3ccccc23)ccc(Cl)c1S(=O)(=O)O. The summed E-state index contributed by atoms with van der Waals surface area (Å²) in [5.74, 6) is -0.806. The third-order valence-corrected chi connectivity index (χ3v) is 7.45. The maximum atomic E-state index is 13.3. The van der Waals surface area contributed by atoms with Crippen LogP contribution in [0, 0.1) is 0 Å². The highest BCUT2D eigenvalue weighted by Gasteiger charge is 2.23. The van der Waals surface area contributed by atoms with Crippen LogP contribution in [0.2, 0.25) is 10.0 Å². The molecule has 38 heavy (non-hydrogen) atoms. The molecule has 0 radical (unpaired) electrons. The number of nitrogens with one attached hydrogen (secondary N) is 1. The first kappa shape index (κ1) is 27.3. The fraction of sp³-hybridized carbons (Fsp3) is 0.115. The summed E-state index contributed by atoms with van der Waals surface area (Å²) in [6.45, 7) is 1.67. The van der Waals surface area contributed by atoms with E-state index in [-0.39, 0.29) is 44.7 Å². The molecular formula is C26H21Cl2N3O6S. The van der Waals surface area contributed by atoms with Gasteiger partial charge in [0, 0.05) is 10.9 Å². The average Bonchev–Trinajstić information content (AvgIpc) is 2.88. The minimum atomic E-state index is -4.64. The van der Waals surface area contributed by atoms with Crippen molar-refractivity contribution in [2.24, 2.45) is 10.2 Å². The van der Waals surface area contributed by atoms with Gasteiger partial charge in [0.25, 0.3) is 16.0 Å². The lowest BCUT2D eigenvalue weighted by Crippen LogP contribution is -2.13. The predicted octanol–water partition coefficient (Wildman–Crippen LogP) is 7.34. The number of halogens is 2. The van der Waals surface area contributed by atoms with Gasteiger partial charge in [-0.25, -0.2) is 0 Å². The minimum absolute atomic E-state index is 0.0233. The third kappa shape index (κ3) is 5.30. The van der Waals surface area contributed by atoms with Crippen molar-refractivity contribution in [3.63, 3.8) is 0 Å². The van der Waals surface area contributed by atoms with E-state index in [1.165, 1.54) is 25.3 Å². The van der Waals surface area contributed by atoms with Crippen molar-refractivity contribution in [1.29, 1.82) is 0 Å². The number of para-hydroxylation sites is 1. The molecular weight excluding hydrogens is 553 g/mol. The van der Waals surface area contributed by atoms with E-state index in [2.05, 4.69) is 15.5 Å². The summed E-state index contributed by atoms with van der Waals surface area (Å²) >= 11 is 12.3. The summed E-state index contributed by atoms with van der Waals surface area (Å²) in [5.41, 5.74) is 0.356. The zero-order valence-corrected chi connectivity index (χ0v) is 22.4. The molecule has 0 saturated heterocycles. The first-order valence-electron chi connectivity index (χ1n) is 11.2. The van der Waals surface area contributed by atoms with Gasteiger partial charge in [-0.15, -0.1) is 5.11 Å². The van der Waals surface area contributed by atoms with Gasteiger partial charge in [0.05, 0.1) is 28.4 Å². The molecule has 0 heterocycles. The van der Waals surface area contributed by atoms with Gasteiger partial charge in [-0.3, -0.25) is 9.35 Å². The molecule has 4 rings (SSSR count). The van der Waals surface area contributed by atoms with E-state index in [0.29, 0.717) is 16.5 Å².